The smallest absolute Gasteiger partial charge is 0.161 e. The van der Waals surface area contributed by atoms with Crippen LogP contribution >= 0.6 is 17.0 Å². The fraction of sp³-hybridized carbons (Fsp3) is 0.333. The van der Waals surface area contributed by atoms with Crippen LogP contribution in [-0.4, -0.2) is 20.3 Å². The van der Waals surface area contributed by atoms with Crippen LogP contribution in [0.15, 0.2) is 42.5 Å². The predicted molar refractivity (Wildman–Crippen MR) is 94.3 cm³/mol. The van der Waals surface area contributed by atoms with Crippen LogP contribution in [0.1, 0.15) is 16.7 Å². The van der Waals surface area contributed by atoms with Crippen molar-refractivity contribution in [2.45, 2.75) is 25.4 Å². The van der Waals surface area contributed by atoms with Gasteiger partial charge in [0.25, 0.3) is 0 Å². The largest absolute Gasteiger partial charge is 0.493 e. The van der Waals surface area contributed by atoms with Crippen LogP contribution in [0.4, 0.5) is 0 Å². The molecule has 118 valence electrons. The van der Waals surface area contributed by atoms with Crippen molar-refractivity contribution in [3.63, 3.8) is 0 Å². The number of methoxy groups -OCH3 is 2. The molecule has 0 saturated heterocycles. The summed E-state index contributed by atoms with van der Waals surface area (Å²) in [5.74, 6) is 1.62. The summed E-state index contributed by atoms with van der Waals surface area (Å²) in [7, 11) is 3.37. The van der Waals surface area contributed by atoms with Crippen molar-refractivity contribution in [1.82, 2.24) is 5.32 Å². The Bertz CT molecular complexity index is 616. The molecule has 0 spiro atoms. The Balaban J connectivity index is 0.00000176. The minimum Gasteiger partial charge on any atom is -0.493 e. The normalized spacial score (nSPS) is 16.4. The maximum Gasteiger partial charge on any atom is 0.161 e. The fourth-order valence-electron chi connectivity index (χ4n) is 2.95. The summed E-state index contributed by atoms with van der Waals surface area (Å²) in [5, 5.41) is 3.62. The molecule has 2 aromatic carbocycles. The topological polar surface area (TPSA) is 30.5 Å². The van der Waals surface area contributed by atoms with Gasteiger partial charge >= 0.3 is 0 Å². The molecule has 1 aliphatic heterocycles. The number of nitrogens with one attached hydrogen (secondary N) is 1. The van der Waals surface area contributed by atoms with Crippen molar-refractivity contribution in [1.29, 1.82) is 0 Å². The van der Waals surface area contributed by atoms with Crippen molar-refractivity contribution in [3.05, 3.63) is 59.2 Å². The first-order valence-corrected chi connectivity index (χ1v) is 7.31. The third-order valence-corrected chi connectivity index (χ3v) is 4.08. The van der Waals surface area contributed by atoms with Crippen LogP contribution in [-0.2, 0) is 19.4 Å². The molecule has 1 heterocycles. The first-order chi connectivity index (χ1) is 10.3. The molecule has 0 saturated carbocycles. The lowest BCUT2D eigenvalue weighted by atomic mass is 9.91. The van der Waals surface area contributed by atoms with Gasteiger partial charge in [0.2, 0.25) is 0 Å². The number of halogens is 1. The van der Waals surface area contributed by atoms with Crippen molar-refractivity contribution in [2.75, 3.05) is 14.2 Å². The molecule has 3 rings (SSSR count). The van der Waals surface area contributed by atoms with Crippen LogP contribution in [0, 0.1) is 0 Å². The summed E-state index contributed by atoms with van der Waals surface area (Å²) in [6, 6.07) is 15.3. The average Bonchev–Trinajstić information content (AvgIpc) is 2.54. The molecule has 0 aliphatic carbocycles. The Hall–Kier alpha value is -1.52. The van der Waals surface area contributed by atoms with Crippen molar-refractivity contribution in [2.24, 2.45) is 0 Å². The Morgan fingerprint density at radius 3 is 2.27 bits per heavy atom. The molecule has 0 bridgehead atoms. The van der Waals surface area contributed by atoms with Gasteiger partial charge in [0.05, 0.1) is 14.2 Å². The standard InChI is InChI=1S/C18H21NO2.BrH/c1-20-17-10-14-9-16(8-13-6-4-3-5-7-13)19-12-15(14)11-18(17)21-2;/h3-7,10-11,16,19H,8-9,12H2,1-2H3;1H. The molecule has 1 N–H and O–H groups in total. The zero-order chi connectivity index (χ0) is 14.7. The highest BCUT2D eigenvalue weighted by Crippen LogP contribution is 2.32. The Labute approximate surface area is 142 Å². The SMILES string of the molecule is Br.COc1cc2c(cc1OC)CC(Cc1ccccc1)NC2. The van der Waals surface area contributed by atoms with Gasteiger partial charge < -0.3 is 14.8 Å². The lowest BCUT2D eigenvalue weighted by molar-refractivity contribution is 0.352. The molecule has 22 heavy (non-hydrogen) atoms. The van der Waals surface area contributed by atoms with Crippen molar-refractivity contribution in [3.8, 4) is 11.5 Å². The van der Waals surface area contributed by atoms with Crippen molar-refractivity contribution < 1.29 is 9.47 Å². The molecule has 3 nitrogen and oxygen atoms in total. The molecule has 0 fully saturated rings. The van der Waals surface area contributed by atoms with Gasteiger partial charge in [-0.15, -0.1) is 17.0 Å². The van der Waals surface area contributed by atoms with E-state index in [2.05, 4.69) is 47.8 Å². The second kappa shape index (κ2) is 7.65. The molecule has 2 aromatic rings. The van der Waals surface area contributed by atoms with Gasteiger partial charge in [-0.1, -0.05) is 30.3 Å². The minimum atomic E-state index is 0. The molecule has 0 amide bonds. The maximum absolute atomic E-state index is 5.41. The van der Waals surface area contributed by atoms with Gasteiger partial charge in [-0.25, -0.2) is 0 Å². The van der Waals surface area contributed by atoms with E-state index in [4.69, 9.17) is 9.47 Å². The molecule has 1 atom stereocenters. The summed E-state index contributed by atoms with van der Waals surface area (Å²) in [5.41, 5.74) is 4.03. The fourth-order valence-corrected chi connectivity index (χ4v) is 2.95. The molecule has 1 unspecified atom stereocenters. The molecule has 0 radical (unpaired) electrons. The summed E-state index contributed by atoms with van der Waals surface area (Å²) < 4.78 is 10.8. The van der Waals surface area contributed by atoms with Crippen LogP contribution in [0.25, 0.3) is 0 Å². The second-order valence-electron chi connectivity index (χ2n) is 5.45. The zero-order valence-electron chi connectivity index (χ0n) is 13.0. The van der Waals surface area contributed by atoms with E-state index in [1.54, 1.807) is 14.2 Å². The van der Waals surface area contributed by atoms with Gasteiger partial charge in [0, 0.05) is 12.6 Å². The third-order valence-electron chi connectivity index (χ3n) is 4.08. The monoisotopic (exact) mass is 363 g/mol. The van der Waals surface area contributed by atoms with E-state index in [9.17, 15) is 0 Å². The average molecular weight is 364 g/mol. The Morgan fingerprint density at radius 1 is 1.00 bits per heavy atom. The Morgan fingerprint density at radius 2 is 1.64 bits per heavy atom. The third kappa shape index (κ3) is 3.62. The predicted octanol–water partition coefficient (Wildman–Crippen LogP) is 3.54. The first-order valence-electron chi connectivity index (χ1n) is 7.31. The summed E-state index contributed by atoms with van der Waals surface area (Å²) in [4.78, 5) is 0. The number of hydrogen-bond acceptors (Lipinski definition) is 3. The number of benzene rings is 2. The summed E-state index contributed by atoms with van der Waals surface area (Å²) in [6.45, 7) is 0.882. The van der Waals surface area contributed by atoms with E-state index in [-0.39, 0.29) is 17.0 Å². The van der Waals surface area contributed by atoms with E-state index in [0.717, 1.165) is 30.9 Å². The van der Waals surface area contributed by atoms with E-state index in [1.165, 1.54) is 16.7 Å². The van der Waals surface area contributed by atoms with Crippen LogP contribution in [0.2, 0.25) is 0 Å². The molecule has 4 heteroatoms. The number of ether oxygens (including phenoxy) is 2. The zero-order valence-corrected chi connectivity index (χ0v) is 14.7. The van der Waals surface area contributed by atoms with Crippen LogP contribution in [0.3, 0.4) is 0 Å². The molecule has 1 aliphatic rings. The van der Waals surface area contributed by atoms with Crippen molar-refractivity contribution >= 4 is 17.0 Å². The summed E-state index contributed by atoms with van der Waals surface area (Å²) in [6.07, 6.45) is 2.07. The number of rotatable bonds is 4. The van der Waals surface area contributed by atoms with Gasteiger partial charge in [-0.2, -0.15) is 0 Å². The van der Waals surface area contributed by atoms with Gasteiger partial charge in [0.1, 0.15) is 0 Å². The molecule has 0 aromatic heterocycles. The number of hydrogen-bond donors (Lipinski definition) is 1. The van der Waals surface area contributed by atoms with Gasteiger partial charge in [-0.05, 0) is 41.7 Å². The summed E-state index contributed by atoms with van der Waals surface area (Å²) >= 11 is 0. The highest BCUT2D eigenvalue weighted by Gasteiger charge is 2.20. The van der Waals surface area contributed by atoms with Crippen LogP contribution < -0.4 is 14.8 Å². The van der Waals surface area contributed by atoms with Crippen LogP contribution in [0.5, 0.6) is 11.5 Å². The quantitative estimate of drug-likeness (QED) is 0.900. The highest BCUT2D eigenvalue weighted by atomic mass is 79.9. The first kappa shape index (κ1) is 16.8. The number of fused-ring (bicyclic) bond motifs is 1. The Kier molecular flexibility index (Phi) is 5.86. The minimum absolute atomic E-state index is 0. The molecular formula is C18H22BrNO2. The van der Waals surface area contributed by atoms with E-state index >= 15 is 0 Å². The van der Waals surface area contributed by atoms with E-state index in [0.29, 0.717) is 6.04 Å². The lowest BCUT2D eigenvalue weighted by Gasteiger charge is -2.27. The lowest BCUT2D eigenvalue weighted by Crippen LogP contribution is -2.37. The highest BCUT2D eigenvalue weighted by molar-refractivity contribution is 8.93. The van der Waals surface area contributed by atoms with Gasteiger partial charge in [0.15, 0.2) is 11.5 Å². The second-order valence-corrected chi connectivity index (χ2v) is 5.45. The maximum atomic E-state index is 5.41. The van der Waals surface area contributed by atoms with E-state index < -0.39 is 0 Å². The molecular weight excluding hydrogens is 342 g/mol. The van der Waals surface area contributed by atoms with Gasteiger partial charge in [-0.3, -0.25) is 0 Å². The van der Waals surface area contributed by atoms with E-state index in [1.807, 2.05) is 0 Å².